The highest BCUT2D eigenvalue weighted by molar-refractivity contribution is 5.77. The van der Waals surface area contributed by atoms with Crippen LogP contribution in [-0.4, -0.2) is 6.29 Å². The van der Waals surface area contributed by atoms with Gasteiger partial charge in [-0.2, -0.15) is 0 Å². The van der Waals surface area contributed by atoms with Crippen molar-refractivity contribution in [2.45, 2.75) is 26.7 Å². The van der Waals surface area contributed by atoms with Gasteiger partial charge >= 0.3 is 0 Å². The standard InChI is InChI=1S/C12H16O/c1-10(2)7-8-11-5-3-4-6-12(11)9-13/h3-6,9-10H,7-8H2,1-2H3. The minimum Gasteiger partial charge on any atom is -0.298 e. The van der Waals surface area contributed by atoms with E-state index in [4.69, 9.17) is 0 Å². The first kappa shape index (κ1) is 9.97. The zero-order chi connectivity index (χ0) is 9.68. The summed E-state index contributed by atoms with van der Waals surface area (Å²) < 4.78 is 0. The van der Waals surface area contributed by atoms with Gasteiger partial charge in [0.25, 0.3) is 0 Å². The molecule has 0 spiro atoms. The van der Waals surface area contributed by atoms with Crippen LogP contribution in [0, 0.1) is 5.92 Å². The number of aldehydes is 1. The maximum Gasteiger partial charge on any atom is 0.150 e. The van der Waals surface area contributed by atoms with Crippen molar-refractivity contribution in [2.75, 3.05) is 0 Å². The summed E-state index contributed by atoms with van der Waals surface area (Å²) in [4.78, 5) is 10.7. The Bertz CT molecular complexity index is 276. The molecule has 1 nitrogen and oxygen atoms in total. The Kier molecular flexibility index (Phi) is 3.69. The molecule has 0 unspecified atom stereocenters. The SMILES string of the molecule is CC(C)CCc1ccccc1C=O. The zero-order valence-electron chi connectivity index (χ0n) is 8.29. The monoisotopic (exact) mass is 176 g/mol. The van der Waals surface area contributed by atoms with Crippen LogP contribution < -0.4 is 0 Å². The van der Waals surface area contributed by atoms with Crippen LogP contribution in [0.3, 0.4) is 0 Å². The van der Waals surface area contributed by atoms with E-state index in [1.807, 2.05) is 24.3 Å². The molecule has 1 heteroatoms. The highest BCUT2D eigenvalue weighted by Crippen LogP contribution is 2.12. The molecule has 0 heterocycles. The minimum atomic E-state index is 0.694. The molecule has 1 rings (SSSR count). The molecular formula is C12H16O. The van der Waals surface area contributed by atoms with Gasteiger partial charge in [0.1, 0.15) is 6.29 Å². The summed E-state index contributed by atoms with van der Waals surface area (Å²) in [6.07, 6.45) is 3.09. The van der Waals surface area contributed by atoms with Gasteiger partial charge in [0.05, 0.1) is 0 Å². The summed E-state index contributed by atoms with van der Waals surface area (Å²) in [5, 5.41) is 0. The van der Waals surface area contributed by atoms with Gasteiger partial charge in [-0.3, -0.25) is 4.79 Å². The molecule has 0 fully saturated rings. The van der Waals surface area contributed by atoms with Gasteiger partial charge < -0.3 is 0 Å². The van der Waals surface area contributed by atoms with Gasteiger partial charge in [0, 0.05) is 5.56 Å². The van der Waals surface area contributed by atoms with Crippen LogP contribution in [-0.2, 0) is 6.42 Å². The summed E-state index contributed by atoms with van der Waals surface area (Å²) in [5.41, 5.74) is 2.01. The molecule has 0 aromatic heterocycles. The van der Waals surface area contributed by atoms with E-state index in [2.05, 4.69) is 13.8 Å². The quantitative estimate of drug-likeness (QED) is 0.644. The van der Waals surface area contributed by atoms with E-state index in [0.717, 1.165) is 24.7 Å². The van der Waals surface area contributed by atoms with Gasteiger partial charge in [-0.15, -0.1) is 0 Å². The van der Waals surface area contributed by atoms with E-state index in [-0.39, 0.29) is 0 Å². The van der Waals surface area contributed by atoms with Crippen molar-refractivity contribution in [3.05, 3.63) is 35.4 Å². The third kappa shape index (κ3) is 3.02. The first-order chi connectivity index (χ1) is 6.24. The smallest absolute Gasteiger partial charge is 0.150 e. The molecule has 0 saturated heterocycles. The molecule has 0 atom stereocenters. The van der Waals surface area contributed by atoms with E-state index in [1.54, 1.807) is 0 Å². The van der Waals surface area contributed by atoms with Crippen molar-refractivity contribution in [1.29, 1.82) is 0 Å². The van der Waals surface area contributed by atoms with E-state index in [0.29, 0.717) is 5.92 Å². The number of carbonyl (C=O) groups is 1. The van der Waals surface area contributed by atoms with Gasteiger partial charge in [-0.25, -0.2) is 0 Å². The summed E-state index contributed by atoms with van der Waals surface area (Å²) in [6.45, 7) is 4.40. The van der Waals surface area contributed by atoms with Crippen molar-refractivity contribution in [3.63, 3.8) is 0 Å². The van der Waals surface area contributed by atoms with Crippen molar-refractivity contribution >= 4 is 6.29 Å². The maximum absolute atomic E-state index is 10.7. The topological polar surface area (TPSA) is 17.1 Å². The molecule has 0 aliphatic carbocycles. The van der Waals surface area contributed by atoms with Crippen LogP contribution in [0.4, 0.5) is 0 Å². The Hall–Kier alpha value is -1.11. The summed E-state index contributed by atoms with van der Waals surface area (Å²) >= 11 is 0. The first-order valence-corrected chi connectivity index (χ1v) is 4.77. The second-order valence-corrected chi connectivity index (χ2v) is 3.75. The van der Waals surface area contributed by atoms with Crippen LogP contribution in [0.1, 0.15) is 36.2 Å². The maximum atomic E-state index is 10.7. The van der Waals surface area contributed by atoms with Gasteiger partial charge in [-0.05, 0) is 24.3 Å². The fraction of sp³-hybridized carbons (Fsp3) is 0.417. The third-order valence-electron chi connectivity index (χ3n) is 2.17. The Morgan fingerprint density at radius 3 is 2.62 bits per heavy atom. The van der Waals surface area contributed by atoms with E-state index in [9.17, 15) is 4.79 Å². The van der Waals surface area contributed by atoms with Crippen LogP contribution in [0.15, 0.2) is 24.3 Å². The lowest BCUT2D eigenvalue weighted by Gasteiger charge is -2.06. The summed E-state index contributed by atoms with van der Waals surface area (Å²) in [5.74, 6) is 0.694. The largest absolute Gasteiger partial charge is 0.298 e. The number of aryl methyl sites for hydroxylation is 1. The average molecular weight is 176 g/mol. The fourth-order valence-corrected chi connectivity index (χ4v) is 1.32. The molecule has 0 aliphatic rings. The van der Waals surface area contributed by atoms with Crippen molar-refractivity contribution in [1.82, 2.24) is 0 Å². The van der Waals surface area contributed by atoms with E-state index in [1.165, 1.54) is 5.56 Å². The molecule has 0 radical (unpaired) electrons. The summed E-state index contributed by atoms with van der Waals surface area (Å²) in [7, 11) is 0. The molecule has 1 aromatic rings. The lowest BCUT2D eigenvalue weighted by Crippen LogP contribution is -1.96. The molecule has 1 aromatic carbocycles. The number of rotatable bonds is 4. The predicted octanol–water partition coefficient (Wildman–Crippen LogP) is 3.09. The average Bonchev–Trinajstić information content (AvgIpc) is 2.15. The van der Waals surface area contributed by atoms with Crippen LogP contribution in [0.5, 0.6) is 0 Å². The number of hydrogen-bond donors (Lipinski definition) is 0. The molecule has 0 aliphatic heterocycles. The van der Waals surface area contributed by atoms with Crippen molar-refractivity contribution < 1.29 is 4.79 Å². The number of hydrogen-bond acceptors (Lipinski definition) is 1. The predicted molar refractivity (Wildman–Crippen MR) is 55.0 cm³/mol. The van der Waals surface area contributed by atoms with Gasteiger partial charge in [0.15, 0.2) is 0 Å². The lowest BCUT2D eigenvalue weighted by molar-refractivity contribution is 0.112. The first-order valence-electron chi connectivity index (χ1n) is 4.77. The Morgan fingerprint density at radius 2 is 2.00 bits per heavy atom. The highest BCUT2D eigenvalue weighted by atomic mass is 16.1. The second kappa shape index (κ2) is 4.80. The van der Waals surface area contributed by atoms with Crippen LogP contribution in [0.2, 0.25) is 0 Å². The minimum absolute atomic E-state index is 0.694. The molecule has 0 amide bonds. The van der Waals surface area contributed by atoms with E-state index < -0.39 is 0 Å². The summed E-state index contributed by atoms with van der Waals surface area (Å²) in [6, 6.07) is 7.81. The fourth-order valence-electron chi connectivity index (χ4n) is 1.32. The van der Waals surface area contributed by atoms with Crippen LogP contribution >= 0.6 is 0 Å². The molecular weight excluding hydrogens is 160 g/mol. The third-order valence-corrected chi connectivity index (χ3v) is 2.17. The second-order valence-electron chi connectivity index (χ2n) is 3.75. The highest BCUT2D eigenvalue weighted by Gasteiger charge is 2.01. The molecule has 0 N–H and O–H groups in total. The molecule has 13 heavy (non-hydrogen) atoms. The van der Waals surface area contributed by atoms with E-state index >= 15 is 0 Å². The number of carbonyl (C=O) groups excluding carboxylic acids is 1. The lowest BCUT2D eigenvalue weighted by atomic mass is 9.99. The Labute approximate surface area is 79.8 Å². The molecule has 0 bridgehead atoms. The van der Waals surface area contributed by atoms with Gasteiger partial charge in [-0.1, -0.05) is 38.1 Å². The normalized spacial score (nSPS) is 10.4. The van der Waals surface area contributed by atoms with Crippen LogP contribution in [0.25, 0.3) is 0 Å². The Morgan fingerprint density at radius 1 is 1.31 bits per heavy atom. The Balaban J connectivity index is 2.69. The zero-order valence-corrected chi connectivity index (χ0v) is 8.29. The van der Waals surface area contributed by atoms with Crippen molar-refractivity contribution in [3.8, 4) is 0 Å². The number of benzene rings is 1. The molecule has 0 saturated carbocycles. The van der Waals surface area contributed by atoms with Crippen molar-refractivity contribution in [2.24, 2.45) is 5.92 Å². The van der Waals surface area contributed by atoms with Gasteiger partial charge in [0.2, 0.25) is 0 Å². The molecule has 70 valence electrons.